The summed E-state index contributed by atoms with van der Waals surface area (Å²) in [4.78, 5) is 22.7. The van der Waals surface area contributed by atoms with Crippen LogP contribution in [-0.4, -0.2) is 59.7 Å². The van der Waals surface area contributed by atoms with E-state index in [-0.39, 0.29) is 5.91 Å². The van der Waals surface area contributed by atoms with Crippen molar-refractivity contribution in [3.63, 3.8) is 0 Å². The number of amides is 1. The Kier molecular flexibility index (Phi) is 8.58. The third-order valence-corrected chi connectivity index (χ3v) is 7.50. The van der Waals surface area contributed by atoms with E-state index in [0.29, 0.717) is 5.56 Å². The molecular formula is C30H32N4OS. The van der Waals surface area contributed by atoms with E-state index in [4.69, 9.17) is 0 Å². The Morgan fingerprint density at radius 2 is 1.72 bits per heavy atom. The van der Waals surface area contributed by atoms with Crippen molar-refractivity contribution in [2.24, 2.45) is 0 Å². The van der Waals surface area contributed by atoms with E-state index >= 15 is 0 Å². The van der Waals surface area contributed by atoms with Crippen molar-refractivity contribution < 1.29 is 4.79 Å². The van der Waals surface area contributed by atoms with Gasteiger partial charge in [-0.3, -0.25) is 9.78 Å². The van der Waals surface area contributed by atoms with Gasteiger partial charge in [0.1, 0.15) is 0 Å². The van der Waals surface area contributed by atoms with Gasteiger partial charge in [0.25, 0.3) is 5.91 Å². The molecule has 3 aromatic carbocycles. The van der Waals surface area contributed by atoms with E-state index in [1.54, 1.807) is 11.8 Å². The molecule has 1 aliphatic rings. The molecule has 0 aliphatic carbocycles. The van der Waals surface area contributed by atoms with Crippen LogP contribution in [0.25, 0.3) is 21.7 Å². The van der Waals surface area contributed by atoms with E-state index in [1.807, 2.05) is 61.3 Å². The lowest BCUT2D eigenvalue weighted by Gasteiger charge is -2.32. The first-order valence-corrected chi connectivity index (χ1v) is 13.5. The average Bonchev–Trinajstić information content (AvgIpc) is 2.93. The van der Waals surface area contributed by atoms with Gasteiger partial charge in [-0.1, -0.05) is 38.1 Å². The molecule has 0 unspecified atom stereocenters. The molecule has 1 amide bonds. The number of pyridine rings is 1. The predicted octanol–water partition coefficient (Wildman–Crippen LogP) is 6.01. The number of piperazine rings is 1. The Morgan fingerprint density at radius 3 is 2.50 bits per heavy atom. The van der Waals surface area contributed by atoms with E-state index in [0.717, 1.165) is 70.5 Å². The van der Waals surface area contributed by atoms with Crippen molar-refractivity contribution in [2.75, 3.05) is 39.0 Å². The van der Waals surface area contributed by atoms with Crippen LogP contribution in [0.2, 0.25) is 0 Å². The number of nitriles is 1. The number of thioether (sulfide) groups is 1. The van der Waals surface area contributed by atoms with Crippen LogP contribution < -0.4 is 0 Å². The molecule has 0 atom stereocenters. The molecule has 1 aromatic heterocycles. The topological polar surface area (TPSA) is 60.2 Å². The van der Waals surface area contributed by atoms with Gasteiger partial charge in [-0.15, -0.1) is 11.8 Å². The fraction of sp³-hybridized carbons (Fsp3) is 0.300. The van der Waals surface area contributed by atoms with Crippen LogP contribution in [0.5, 0.6) is 0 Å². The fourth-order valence-corrected chi connectivity index (χ4v) is 5.40. The third kappa shape index (κ3) is 5.87. The molecule has 1 fully saturated rings. The summed E-state index contributed by atoms with van der Waals surface area (Å²) in [6, 6.07) is 22.4. The molecular weight excluding hydrogens is 464 g/mol. The summed E-state index contributed by atoms with van der Waals surface area (Å²) >= 11 is 1.79. The standard InChI is InChI=1S/C28H26N4OS.C2H6/c1-31-11-13-32(14-12-31)28(33)24-6-5-22-16-20(2-4-23(22)18-24)9-15-34-27-8-10-30-26-7-3-21(19-29)17-25(26)27;1-2/h2-8,10,16-18H,9,11-15H2,1H3;1-2H3. The number of likely N-dealkylation sites (N-methyl/N-ethyl adjacent to an activating group) is 1. The van der Waals surface area contributed by atoms with Gasteiger partial charge in [0, 0.05) is 54.0 Å². The lowest BCUT2D eigenvalue weighted by atomic mass is 10.0. The second-order valence-electron chi connectivity index (χ2n) is 8.74. The maximum Gasteiger partial charge on any atom is 0.253 e. The molecule has 5 rings (SSSR count). The number of nitrogens with zero attached hydrogens (tertiary/aromatic N) is 4. The Labute approximate surface area is 217 Å². The first-order valence-electron chi connectivity index (χ1n) is 12.5. The van der Waals surface area contributed by atoms with Crippen LogP contribution in [0.15, 0.2) is 71.8 Å². The lowest BCUT2D eigenvalue weighted by molar-refractivity contribution is 0.0664. The SMILES string of the molecule is CC.CN1CCN(C(=O)c2ccc3cc(CCSc4ccnc5ccc(C#N)cc45)ccc3c2)CC1. The number of aryl methyl sites for hydroxylation is 1. The normalized spacial score (nSPS) is 13.8. The number of carbonyl (C=O) groups is 1. The first kappa shape index (κ1) is 25.7. The van der Waals surface area contributed by atoms with Crippen molar-refractivity contribution in [1.82, 2.24) is 14.8 Å². The number of carbonyl (C=O) groups excluding carboxylic acids is 1. The zero-order chi connectivity index (χ0) is 25.5. The van der Waals surface area contributed by atoms with Crippen molar-refractivity contribution in [2.45, 2.75) is 25.2 Å². The molecule has 2 heterocycles. The second kappa shape index (κ2) is 12.0. The zero-order valence-electron chi connectivity index (χ0n) is 21.2. The largest absolute Gasteiger partial charge is 0.336 e. The maximum absolute atomic E-state index is 12.9. The molecule has 0 N–H and O–H groups in total. The minimum atomic E-state index is 0.125. The number of hydrogen-bond acceptors (Lipinski definition) is 5. The number of hydrogen-bond donors (Lipinski definition) is 0. The quantitative estimate of drug-likeness (QED) is 0.317. The van der Waals surface area contributed by atoms with Gasteiger partial charge in [0.2, 0.25) is 0 Å². The highest BCUT2D eigenvalue weighted by Gasteiger charge is 2.20. The molecule has 1 saturated heterocycles. The number of aromatic nitrogens is 1. The highest BCUT2D eigenvalue weighted by atomic mass is 32.2. The summed E-state index contributed by atoms with van der Waals surface area (Å²) in [5.41, 5.74) is 3.61. The van der Waals surface area contributed by atoms with Crippen LogP contribution in [0.3, 0.4) is 0 Å². The monoisotopic (exact) mass is 496 g/mol. The fourth-order valence-electron chi connectivity index (χ4n) is 4.37. The minimum absolute atomic E-state index is 0.125. The van der Waals surface area contributed by atoms with Crippen LogP contribution in [0.4, 0.5) is 0 Å². The van der Waals surface area contributed by atoms with Gasteiger partial charge < -0.3 is 9.80 Å². The molecule has 0 bridgehead atoms. The van der Waals surface area contributed by atoms with Crippen LogP contribution in [-0.2, 0) is 6.42 Å². The molecule has 5 nitrogen and oxygen atoms in total. The predicted molar refractivity (Wildman–Crippen MR) is 150 cm³/mol. The van der Waals surface area contributed by atoms with Crippen molar-refractivity contribution in [1.29, 1.82) is 5.26 Å². The summed E-state index contributed by atoms with van der Waals surface area (Å²) in [6.07, 6.45) is 2.76. The summed E-state index contributed by atoms with van der Waals surface area (Å²) in [7, 11) is 2.09. The van der Waals surface area contributed by atoms with Crippen LogP contribution in [0, 0.1) is 11.3 Å². The number of fused-ring (bicyclic) bond motifs is 2. The van der Waals surface area contributed by atoms with Gasteiger partial charge in [-0.05, 0) is 66.2 Å². The summed E-state index contributed by atoms with van der Waals surface area (Å²) in [6.45, 7) is 7.42. The number of rotatable bonds is 5. The van der Waals surface area contributed by atoms with E-state index in [1.165, 1.54) is 5.56 Å². The van der Waals surface area contributed by atoms with Gasteiger partial charge in [-0.2, -0.15) is 5.26 Å². The highest BCUT2D eigenvalue weighted by Crippen LogP contribution is 2.28. The molecule has 0 radical (unpaired) electrons. The van der Waals surface area contributed by atoms with E-state index in [2.05, 4.69) is 47.3 Å². The van der Waals surface area contributed by atoms with Gasteiger partial charge in [-0.25, -0.2) is 0 Å². The first-order chi connectivity index (χ1) is 17.6. The molecule has 6 heteroatoms. The Hall–Kier alpha value is -3.40. The van der Waals surface area contributed by atoms with Gasteiger partial charge >= 0.3 is 0 Å². The Balaban J connectivity index is 0.00000148. The molecule has 36 heavy (non-hydrogen) atoms. The highest BCUT2D eigenvalue weighted by molar-refractivity contribution is 7.99. The van der Waals surface area contributed by atoms with Crippen LogP contribution >= 0.6 is 11.8 Å². The van der Waals surface area contributed by atoms with Gasteiger partial charge in [0.15, 0.2) is 0 Å². The molecule has 0 spiro atoms. The lowest BCUT2D eigenvalue weighted by Crippen LogP contribution is -2.47. The Bertz CT molecular complexity index is 1400. The van der Waals surface area contributed by atoms with Crippen LogP contribution in [0.1, 0.15) is 35.3 Å². The van der Waals surface area contributed by atoms with Crippen molar-refractivity contribution >= 4 is 39.3 Å². The second-order valence-corrected chi connectivity index (χ2v) is 9.88. The zero-order valence-corrected chi connectivity index (χ0v) is 22.0. The van der Waals surface area contributed by atoms with Gasteiger partial charge in [0.05, 0.1) is 17.1 Å². The maximum atomic E-state index is 12.9. The molecule has 0 saturated carbocycles. The minimum Gasteiger partial charge on any atom is -0.336 e. The van der Waals surface area contributed by atoms with E-state index in [9.17, 15) is 10.1 Å². The average molecular weight is 497 g/mol. The Morgan fingerprint density at radius 1 is 0.972 bits per heavy atom. The van der Waals surface area contributed by atoms with E-state index < -0.39 is 0 Å². The summed E-state index contributed by atoms with van der Waals surface area (Å²) in [5.74, 6) is 1.06. The number of benzene rings is 3. The summed E-state index contributed by atoms with van der Waals surface area (Å²) < 4.78 is 0. The summed E-state index contributed by atoms with van der Waals surface area (Å²) in [5, 5.41) is 12.5. The molecule has 4 aromatic rings. The molecule has 1 aliphatic heterocycles. The van der Waals surface area contributed by atoms with Crippen molar-refractivity contribution in [3.8, 4) is 6.07 Å². The molecule has 184 valence electrons. The third-order valence-electron chi connectivity index (χ3n) is 6.42. The smallest absolute Gasteiger partial charge is 0.253 e. The van der Waals surface area contributed by atoms with Crippen molar-refractivity contribution in [3.05, 3.63) is 83.6 Å².